The van der Waals surface area contributed by atoms with E-state index in [9.17, 15) is 4.79 Å². The van der Waals surface area contributed by atoms with Gasteiger partial charge in [-0.05, 0) is 44.2 Å². The van der Waals surface area contributed by atoms with Gasteiger partial charge in [0.2, 0.25) is 0 Å². The number of Topliss-reactive ketones (excluding diaryl/α,β-unsaturated/α-hetero) is 1. The molecule has 1 atom stereocenters. The first-order valence-electron chi connectivity index (χ1n) is 9.47. The van der Waals surface area contributed by atoms with Gasteiger partial charge in [-0.1, -0.05) is 67.4 Å². The topological polar surface area (TPSA) is 29.1 Å². The van der Waals surface area contributed by atoms with Gasteiger partial charge in [-0.15, -0.1) is 0 Å². The van der Waals surface area contributed by atoms with Crippen LogP contribution in [0.2, 0.25) is 0 Å². The molecule has 1 saturated carbocycles. The van der Waals surface area contributed by atoms with Crippen LogP contribution < -0.4 is 5.32 Å². The Kier molecular flexibility index (Phi) is 4.04. The number of benzene rings is 2. The molecule has 2 aliphatic rings. The SMILES string of the molecule is CC1(C)Cc2ccccc2C(C2(C(=O)c3ccccc3)CCCC2)N1. The highest BCUT2D eigenvalue weighted by molar-refractivity contribution is 6.01. The van der Waals surface area contributed by atoms with Gasteiger partial charge in [0.25, 0.3) is 0 Å². The van der Waals surface area contributed by atoms with Crippen LogP contribution in [0.3, 0.4) is 0 Å². The van der Waals surface area contributed by atoms with Crippen molar-refractivity contribution < 1.29 is 4.79 Å². The Bertz CT molecular complexity index is 772. The Labute approximate surface area is 150 Å². The van der Waals surface area contributed by atoms with Gasteiger partial charge >= 0.3 is 0 Å². The molecular weight excluding hydrogens is 306 g/mol. The van der Waals surface area contributed by atoms with Crippen molar-refractivity contribution in [1.82, 2.24) is 5.32 Å². The van der Waals surface area contributed by atoms with E-state index < -0.39 is 0 Å². The summed E-state index contributed by atoms with van der Waals surface area (Å²) in [6.45, 7) is 4.51. The van der Waals surface area contributed by atoms with Crippen LogP contribution >= 0.6 is 0 Å². The minimum atomic E-state index is -0.324. The summed E-state index contributed by atoms with van der Waals surface area (Å²) < 4.78 is 0. The van der Waals surface area contributed by atoms with Crippen molar-refractivity contribution in [2.24, 2.45) is 5.41 Å². The Morgan fingerprint density at radius 1 is 0.960 bits per heavy atom. The van der Waals surface area contributed by atoms with Crippen molar-refractivity contribution in [2.45, 2.75) is 57.5 Å². The highest BCUT2D eigenvalue weighted by Gasteiger charge is 2.51. The Morgan fingerprint density at radius 2 is 1.60 bits per heavy atom. The summed E-state index contributed by atoms with van der Waals surface area (Å²) in [5.41, 5.74) is 3.25. The molecule has 2 heteroatoms. The maximum absolute atomic E-state index is 13.6. The predicted octanol–water partition coefficient (Wildman–Crippen LogP) is 5.10. The van der Waals surface area contributed by atoms with E-state index in [4.69, 9.17) is 0 Å². The molecule has 2 aromatic carbocycles. The number of nitrogens with one attached hydrogen (secondary N) is 1. The summed E-state index contributed by atoms with van der Waals surface area (Å²) >= 11 is 0. The van der Waals surface area contributed by atoms with Gasteiger partial charge < -0.3 is 5.32 Å². The monoisotopic (exact) mass is 333 g/mol. The molecule has 2 aromatic rings. The van der Waals surface area contributed by atoms with Crippen LogP contribution in [0.5, 0.6) is 0 Å². The predicted molar refractivity (Wildman–Crippen MR) is 102 cm³/mol. The number of ketones is 1. The third-order valence-electron chi connectivity index (χ3n) is 6.07. The summed E-state index contributed by atoms with van der Waals surface area (Å²) in [6, 6.07) is 18.7. The molecule has 1 fully saturated rings. The van der Waals surface area contributed by atoms with Gasteiger partial charge in [0, 0.05) is 17.1 Å². The summed E-state index contributed by atoms with van der Waals surface area (Å²) in [5.74, 6) is 0.315. The van der Waals surface area contributed by atoms with Gasteiger partial charge in [-0.3, -0.25) is 4.79 Å². The molecule has 130 valence electrons. The number of fused-ring (bicyclic) bond motifs is 1. The van der Waals surface area contributed by atoms with Crippen LogP contribution in [0, 0.1) is 5.41 Å². The van der Waals surface area contributed by atoms with Gasteiger partial charge in [-0.2, -0.15) is 0 Å². The lowest BCUT2D eigenvalue weighted by Crippen LogP contribution is -2.54. The molecule has 0 bridgehead atoms. The van der Waals surface area contributed by atoms with E-state index >= 15 is 0 Å². The normalized spacial score (nSPS) is 23.8. The zero-order valence-electron chi connectivity index (χ0n) is 15.2. The number of hydrogen-bond donors (Lipinski definition) is 1. The standard InChI is InChI=1S/C23H27NO/c1-22(2)16-18-12-6-7-13-19(18)20(24-22)23(14-8-9-15-23)21(25)17-10-4-3-5-11-17/h3-7,10-13,20,24H,8-9,14-16H2,1-2H3. The highest BCUT2D eigenvalue weighted by atomic mass is 16.1. The van der Waals surface area contributed by atoms with Gasteiger partial charge in [0.05, 0.1) is 5.41 Å². The van der Waals surface area contributed by atoms with E-state index in [1.54, 1.807) is 0 Å². The molecule has 0 amide bonds. The Morgan fingerprint density at radius 3 is 2.32 bits per heavy atom. The summed E-state index contributed by atoms with van der Waals surface area (Å²) in [5, 5.41) is 3.86. The fourth-order valence-corrected chi connectivity index (χ4v) is 4.94. The number of carbonyl (C=O) groups is 1. The molecule has 1 unspecified atom stereocenters. The van der Waals surface area contributed by atoms with E-state index in [-0.39, 0.29) is 17.0 Å². The van der Waals surface area contributed by atoms with Crippen molar-refractivity contribution in [2.75, 3.05) is 0 Å². The van der Waals surface area contributed by atoms with E-state index in [1.165, 1.54) is 11.1 Å². The molecule has 0 saturated heterocycles. The second kappa shape index (κ2) is 6.10. The van der Waals surface area contributed by atoms with Crippen LogP contribution in [0.4, 0.5) is 0 Å². The lowest BCUT2D eigenvalue weighted by atomic mass is 9.66. The molecule has 0 spiro atoms. The Balaban J connectivity index is 1.83. The minimum Gasteiger partial charge on any atom is -0.304 e. The molecule has 1 N–H and O–H groups in total. The molecule has 2 nitrogen and oxygen atoms in total. The van der Waals surface area contributed by atoms with E-state index in [0.29, 0.717) is 5.78 Å². The lowest BCUT2D eigenvalue weighted by molar-refractivity contribution is 0.0671. The van der Waals surface area contributed by atoms with Crippen molar-refractivity contribution in [3.05, 3.63) is 71.3 Å². The van der Waals surface area contributed by atoms with Gasteiger partial charge in [-0.25, -0.2) is 0 Å². The number of carbonyl (C=O) groups excluding carboxylic acids is 1. The average molecular weight is 333 g/mol. The van der Waals surface area contributed by atoms with Crippen molar-refractivity contribution in [3.8, 4) is 0 Å². The maximum Gasteiger partial charge on any atom is 0.170 e. The van der Waals surface area contributed by atoms with Gasteiger partial charge in [0.15, 0.2) is 5.78 Å². The van der Waals surface area contributed by atoms with E-state index in [2.05, 4.69) is 43.4 Å². The largest absolute Gasteiger partial charge is 0.304 e. The number of hydrogen-bond acceptors (Lipinski definition) is 2. The fourth-order valence-electron chi connectivity index (χ4n) is 4.94. The van der Waals surface area contributed by atoms with E-state index in [0.717, 1.165) is 37.7 Å². The van der Waals surface area contributed by atoms with Crippen LogP contribution in [0.15, 0.2) is 54.6 Å². The maximum atomic E-state index is 13.6. The van der Waals surface area contributed by atoms with Gasteiger partial charge in [0.1, 0.15) is 0 Å². The highest BCUT2D eigenvalue weighted by Crippen LogP contribution is 2.52. The first-order chi connectivity index (χ1) is 12.0. The first-order valence-corrected chi connectivity index (χ1v) is 9.47. The minimum absolute atomic E-state index is 0.00553. The zero-order valence-corrected chi connectivity index (χ0v) is 15.2. The fraction of sp³-hybridized carbons (Fsp3) is 0.435. The molecule has 1 heterocycles. The molecule has 1 aliphatic heterocycles. The third kappa shape index (κ3) is 2.83. The number of rotatable bonds is 3. The summed E-state index contributed by atoms with van der Waals surface area (Å²) in [4.78, 5) is 13.6. The Hall–Kier alpha value is -1.93. The quantitative estimate of drug-likeness (QED) is 0.792. The van der Waals surface area contributed by atoms with Crippen LogP contribution in [0.25, 0.3) is 0 Å². The van der Waals surface area contributed by atoms with Crippen LogP contribution in [0.1, 0.15) is 67.1 Å². The molecule has 4 rings (SSSR count). The average Bonchev–Trinajstić information content (AvgIpc) is 3.11. The van der Waals surface area contributed by atoms with Crippen molar-refractivity contribution in [1.29, 1.82) is 0 Å². The molecule has 25 heavy (non-hydrogen) atoms. The molecule has 0 radical (unpaired) electrons. The molecular formula is C23H27NO. The van der Waals surface area contributed by atoms with Crippen LogP contribution in [-0.2, 0) is 6.42 Å². The van der Waals surface area contributed by atoms with E-state index in [1.807, 2.05) is 30.3 Å². The third-order valence-corrected chi connectivity index (χ3v) is 6.07. The smallest absolute Gasteiger partial charge is 0.170 e. The summed E-state index contributed by atoms with van der Waals surface area (Å²) in [7, 11) is 0. The zero-order chi connectivity index (χ0) is 17.5. The second-order valence-corrected chi connectivity index (χ2v) is 8.40. The lowest BCUT2D eigenvalue weighted by Gasteiger charge is -2.46. The molecule has 1 aliphatic carbocycles. The first kappa shape index (κ1) is 16.5. The summed E-state index contributed by atoms with van der Waals surface area (Å²) in [6.07, 6.45) is 5.24. The van der Waals surface area contributed by atoms with Crippen LogP contribution in [-0.4, -0.2) is 11.3 Å². The van der Waals surface area contributed by atoms with Crippen molar-refractivity contribution >= 4 is 5.78 Å². The second-order valence-electron chi connectivity index (χ2n) is 8.40. The van der Waals surface area contributed by atoms with Crippen molar-refractivity contribution in [3.63, 3.8) is 0 Å². The molecule has 0 aromatic heterocycles.